The van der Waals surface area contributed by atoms with Gasteiger partial charge in [-0.2, -0.15) is 0 Å². The van der Waals surface area contributed by atoms with Crippen LogP contribution in [-0.2, 0) is 4.79 Å². The van der Waals surface area contributed by atoms with Crippen molar-refractivity contribution in [1.29, 1.82) is 0 Å². The molecule has 90 valence electrons. The fourth-order valence-electron chi connectivity index (χ4n) is 1.46. The molecule has 17 heavy (non-hydrogen) atoms. The Balaban J connectivity index is 2.18. The van der Waals surface area contributed by atoms with Gasteiger partial charge in [0, 0.05) is 10.9 Å². The topological polar surface area (TPSA) is 63.3 Å². The molecule has 2 aromatic rings. The summed E-state index contributed by atoms with van der Waals surface area (Å²) in [6.45, 7) is 3.79. The van der Waals surface area contributed by atoms with E-state index >= 15 is 0 Å². The Kier molecular flexibility index (Phi) is 3.54. The molecule has 0 fully saturated rings. The molecule has 2 rings (SSSR count). The monoisotopic (exact) mass is 269 g/mol. The first kappa shape index (κ1) is 12.2. The average Bonchev–Trinajstić information content (AvgIpc) is 2.82. The molecule has 2 heterocycles. The highest BCUT2D eigenvalue weighted by Crippen LogP contribution is 2.31. The molecule has 0 amide bonds. The highest BCUT2D eigenvalue weighted by Gasteiger charge is 2.12. The van der Waals surface area contributed by atoms with E-state index < -0.39 is 5.97 Å². The Hall–Kier alpha value is -1.27. The van der Waals surface area contributed by atoms with E-state index in [0.29, 0.717) is 0 Å². The number of hydrogen-bond donors (Lipinski definition) is 1. The fraction of sp³-hybridized carbons (Fsp3) is 0.273. The predicted octanol–water partition coefficient (Wildman–Crippen LogP) is 3.20. The van der Waals surface area contributed by atoms with Gasteiger partial charge in [0.15, 0.2) is 4.34 Å². The van der Waals surface area contributed by atoms with E-state index in [1.165, 1.54) is 23.1 Å². The maximum atomic E-state index is 10.4. The maximum absolute atomic E-state index is 10.4. The van der Waals surface area contributed by atoms with Gasteiger partial charge in [-0.15, -0.1) is 11.3 Å². The summed E-state index contributed by atoms with van der Waals surface area (Å²) in [5.74, 6) is 0.894. The molecule has 6 heteroatoms. The highest BCUT2D eigenvalue weighted by atomic mass is 32.2. The van der Waals surface area contributed by atoms with Crippen molar-refractivity contribution in [2.75, 3.05) is 5.75 Å². The van der Waals surface area contributed by atoms with Gasteiger partial charge in [-0.25, -0.2) is 4.98 Å². The third kappa shape index (κ3) is 2.89. The summed E-state index contributed by atoms with van der Waals surface area (Å²) >= 11 is 2.69. The van der Waals surface area contributed by atoms with Crippen molar-refractivity contribution in [1.82, 2.24) is 4.98 Å². The van der Waals surface area contributed by atoms with Crippen LogP contribution in [0, 0.1) is 13.8 Å². The zero-order chi connectivity index (χ0) is 12.4. The molecule has 0 radical (unpaired) electrons. The lowest BCUT2D eigenvalue weighted by Crippen LogP contribution is -1.96. The van der Waals surface area contributed by atoms with Gasteiger partial charge in [0.05, 0.1) is 11.4 Å². The van der Waals surface area contributed by atoms with Gasteiger partial charge in [-0.1, -0.05) is 11.8 Å². The summed E-state index contributed by atoms with van der Waals surface area (Å²) in [6.07, 6.45) is 0. The summed E-state index contributed by atoms with van der Waals surface area (Å²) in [5.41, 5.74) is 1.82. The summed E-state index contributed by atoms with van der Waals surface area (Å²) in [7, 11) is 0. The van der Waals surface area contributed by atoms with Gasteiger partial charge >= 0.3 is 5.97 Å². The second-order valence-electron chi connectivity index (χ2n) is 3.51. The second-order valence-corrected chi connectivity index (χ2v) is 5.59. The molecule has 0 aliphatic rings. The number of nitrogens with zero attached hydrogens (tertiary/aromatic N) is 1. The summed E-state index contributed by atoms with van der Waals surface area (Å²) in [4.78, 5) is 14.8. The minimum atomic E-state index is -0.831. The SMILES string of the molecule is Cc1cc(-c2csc(SCC(=O)O)n2)c(C)o1. The number of thioether (sulfide) groups is 1. The van der Waals surface area contributed by atoms with Crippen LogP contribution in [0.2, 0.25) is 0 Å². The van der Waals surface area contributed by atoms with E-state index in [1.54, 1.807) is 0 Å². The highest BCUT2D eigenvalue weighted by molar-refractivity contribution is 8.01. The fourth-order valence-corrected chi connectivity index (χ4v) is 3.00. The van der Waals surface area contributed by atoms with Gasteiger partial charge in [-0.3, -0.25) is 4.79 Å². The number of carboxylic acid groups (broad SMARTS) is 1. The van der Waals surface area contributed by atoms with Gasteiger partial charge < -0.3 is 9.52 Å². The summed E-state index contributed by atoms with van der Waals surface area (Å²) in [5, 5.41) is 10.5. The molecule has 1 N–H and O–H groups in total. The van der Waals surface area contributed by atoms with E-state index in [9.17, 15) is 4.79 Å². The molecule has 0 aliphatic carbocycles. The first-order valence-corrected chi connectivity index (χ1v) is 6.80. The van der Waals surface area contributed by atoms with Gasteiger partial charge in [-0.05, 0) is 19.9 Å². The van der Waals surface area contributed by atoms with Crippen LogP contribution in [0.4, 0.5) is 0 Å². The zero-order valence-corrected chi connectivity index (χ0v) is 11.0. The van der Waals surface area contributed by atoms with E-state index in [1.807, 2.05) is 25.3 Å². The van der Waals surface area contributed by atoms with Crippen molar-refractivity contribution in [3.63, 3.8) is 0 Å². The number of furan rings is 1. The molecule has 0 unspecified atom stereocenters. The van der Waals surface area contributed by atoms with Crippen molar-refractivity contribution in [3.05, 3.63) is 23.0 Å². The standard InChI is InChI=1S/C11H11NO3S2/c1-6-3-8(7(2)15-6)9-4-16-11(12-9)17-5-10(13)14/h3-4H,5H2,1-2H3,(H,13,14). The van der Waals surface area contributed by atoms with Crippen molar-refractivity contribution in [2.24, 2.45) is 0 Å². The quantitative estimate of drug-likeness (QED) is 0.863. The zero-order valence-electron chi connectivity index (χ0n) is 9.39. The van der Waals surface area contributed by atoms with E-state index in [0.717, 1.165) is 27.1 Å². The van der Waals surface area contributed by atoms with Crippen LogP contribution in [0.3, 0.4) is 0 Å². The number of rotatable bonds is 4. The second kappa shape index (κ2) is 4.93. The number of carbonyl (C=O) groups is 1. The van der Waals surface area contributed by atoms with Crippen LogP contribution >= 0.6 is 23.1 Å². The Morgan fingerprint density at radius 2 is 2.35 bits per heavy atom. The molecular weight excluding hydrogens is 258 g/mol. The van der Waals surface area contributed by atoms with Crippen molar-refractivity contribution >= 4 is 29.1 Å². The van der Waals surface area contributed by atoms with Crippen LogP contribution in [0.5, 0.6) is 0 Å². The largest absolute Gasteiger partial charge is 0.481 e. The van der Waals surface area contributed by atoms with Crippen molar-refractivity contribution in [3.8, 4) is 11.3 Å². The first-order valence-electron chi connectivity index (χ1n) is 4.94. The Morgan fingerprint density at radius 1 is 1.59 bits per heavy atom. The van der Waals surface area contributed by atoms with E-state index in [-0.39, 0.29) is 5.75 Å². The number of aromatic nitrogens is 1. The summed E-state index contributed by atoms with van der Waals surface area (Å²) in [6, 6.07) is 1.94. The first-order chi connectivity index (χ1) is 8.06. The van der Waals surface area contributed by atoms with E-state index in [2.05, 4.69) is 4.98 Å². The van der Waals surface area contributed by atoms with Crippen LogP contribution in [0.15, 0.2) is 20.2 Å². The normalized spacial score (nSPS) is 10.7. The smallest absolute Gasteiger partial charge is 0.313 e. The lowest BCUT2D eigenvalue weighted by Gasteiger charge is -1.92. The van der Waals surface area contributed by atoms with Crippen LogP contribution in [0.1, 0.15) is 11.5 Å². The van der Waals surface area contributed by atoms with Gasteiger partial charge in [0.25, 0.3) is 0 Å². The number of hydrogen-bond acceptors (Lipinski definition) is 5. The molecule has 0 bridgehead atoms. The summed E-state index contributed by atoms with van der Waals surface area (Å²) < 4.78 is 6.20. The van der Waals surface area contributed by atoms with Crippen molar-refractivity contribution in [2.45, 2.75) is 18.2 Å². The molecule has 0 saturated heterocycles. The molecule has 2 aromatic heterocycles. The van der Waals surface area contributed by atoms with Crippen LogP contribution in [0.25, 0.3) is 11.3 Å². The Morgan fingerprint density at radius 3 is 2.94 bits per heavy atom. The molecule has 0 atom stereocenters. The number of thiazole rings is 1. The molecule has 4 nitrogen and oxygen atoms in total. The van der Waals surface area contributed by atoms with Crippen molar-refractivity contribution < 1.29 is 14.3 Å². The molecule has 0 saturated carbocycles. The molecule has 0 aliphatic heterocycles. The van der Waals surface area contributed by atoms with E-state index in [4.69, 9.17) is 9.52 Å². The average molecular weight is 269 g/mol. The Bertz CT molecular complexity index is 545. The third-order valence-corrected chi connectivity index (χ3v) is 4.12. The number of aryl methyl sites for hydroxylation is 2. The molecule has 0 aromatic carbocycles. The lowest BCUT2D eigenvalue weighted by molar-refractivity contribution is -0.133. The number of aliphatic carboxylic acids is 1. The lowest BCUT2D eigenvalue weighted by atomic mass is 10.2. The number of carboxylic acids is 1. The minimum absolute atomic E-state index is 0.0380. The Labute approximate surface area is 107 Å². The maximum Gasteiger partial charge on any atom is 0.313 e. The predicted molar refractivity (Wildman–Crippen MR) is 67.6 cm³/mol. The molecular formula is C11H11NO3S2. The van der Waals surface area contributed by atoms with Gasteiger partial charge in [0.1, 0.15) is 11.5 Å². The minimum Gasteiger partial charge on any atom is -0.481 e. The van der Waals surface area contributed by atoms with Gasteiger partial charge in [0.2, 0.25) is 0 Å². The molecule has 0 spiro atoms. The van der Waals surface area contributed by atoms with Crippen LogP contribution in [-0.4, -0.2) is 21.8 Å². The third-order valence-electron chi connectivity index (χ3n) is 2.12. The van der Waals surface area contributed by atoms with Crippen LogP contribution < -0.4 is 0 Å².